The molecule has 3 rings (SSSR count). The van der Waals surface area contributed by atoms with E-state index in [1.54, 1.807) is 12.1 Å². The summed E-state index contributed by atoms with van der Waals surface area (Å²) in [6.45, 7) is 2.37. The van der Waals surface area contributed by atoms with Crippen molar-refractivity contribution >= 4 is 23.4 Å². The molecule has 0 saturated heterocycles. The molecule has 0 aromatic heterocycles. The fourth-order valence-corrected chi connectivity index (χ4v) is 2.74. The van der Waals surface area contributed by atoms with Crippen molar-refractivity contribution in [3.05, 3.63) is 59.2 Å². The molecule has 3 amide bonds. The smallest absolute Gasteiger partial charge is 0.261 e. The van der Waals surface area contributed by atoms with Crippen LogP contribution in [0.4, 0.5) is 5.69 Å². The van der Waals surface area contributed by atoms with Gasteiger partial charge in [-0.15, -0.1) is 0 Å². The van der Waals surface area contributed by atoms with Crippen LogP contribution in [-0.2, 0) is 0 Å². The summed E-state index contributed by atoms with van der Waals surface area (Å²) in [6.07, 6.45) is 1.63. The third-order valence-corrected chi connectivity index (χ3v) is 4.07. The van der Waals surface area contributed by atoms with Crippen molar-refractivity contribution < 1.29 is 19.5 Å². The summed E-state index contributed by atoms with van der Waals surface area (Å²) >= 11 is 0. The lowest BCUT2D eigenvalue weighted by molar-refractivity contribution is 0.0652. The average molecular weight is 338 g/mol. The Hall–Kier alpha value is -3.15. The molecule has 6 nitrogen and oxygen atoms in total. The zero-order chi connectivity index (χ0) is 18.0. The number of anilines is 1. The molecule has 1 heterocycles. The van der Waals surface area contributed by atoms with Crippen molar-refractivity contribution in [3.8, 4) is 5.75 Å². The zero-order valence-corrected chi connectivity index (χ0v) is 13.8. The van der Waals surface area contributed by atoms with Crippen LogP contribution >= 0.6 is 0 Å². The monoisotopic (exact) mass is 338 g/mol. The van der Waals surface area contributed by atoms with Crippen LogP contribution < -0.4 is 5.32 Å². The Labute approximate surface area is 145 Å². The van der Waals surface area contributed by atoms with E-state index in [1.807, 2.05) is 6.92 Å². The highest BCUT2D eigenvalue weighted by molar-refractivity contribution is 6.22. The minimum Gasteiger partial charge on any atom is -0.508 e. The number of carbonyl (C=O) groups is 3. The zero-order valence-electron chi connectivity index (χ0n) is 13.8. The second-order valence-corrected chi connectivity index (χ2v) is 5.88. The molecule has 2 aromatic rings. The maximum atomic E-state index is 12.4. The number of hydrogen-bond acceptors (Lipinski definition) is 4. The predicted octanol–water partition coefficient (Wildman–Crippen LogP) is 3.04. The second kappa shape index (κ2) is 6.76. The van der Waals surface area contributed by atoms with E-state index in [2.05, 4.69) is 5.32 Å². The number of nitrogens with zero attached hydrogens (tertiary/aromatic N) is 1. The SMILES string of the molecule is CCCCN1C(=O)c2ccc(C(=O)Nc3cccc(O)c3)cc2C1=O. The van der Waals surface area contributed by atoms with Gasteiger partial charge < -0.3 is 10.4 Å². The standard InChI is InChI=1S/C19H18N2O4/c1-2-3-9-21-18(24)15-8-7-12(10-16(15)19(21)25)17(23)20-13-5-4-6-14(22)11-13/h4-8,10-11,22H,2-3,9H2,1H3,(H,20,23). The first kappa shape index (κ1) is 16.7. The van der Waals surface area contributed by atoms with Crippen molar-refractivity contribution in [2.45, 2.75) is 19.8 Å². The van der Waals surface area contributed by atoms with E-state index in [4.69, 9.17) is 0 Å². The Morgan fingerprint density at radius 3 is 2.56 bits per heavy atom. The van der Waals surface area contributed by atoms with E-state index in [0.717, 1.165) is 12.8 Å². The van der Waals surface area contributed by atoms with Gasteiger partial charge in [0, 0.05) is 23.9 Å². The lowest BCUT2D eigenvalue weighted by atomic mass is 10.1. The van der Waals surface area contributed by atoms with E-state index in [9.17, 15) is 19.5 Å². The van der Waals surface area contributed by atoms with Crippen LogP contribution in [0.1, 0.15) is 50.8 Å². The van der Waals surface area contributed by atoms with Crippen molar-refractivity contribution in [3.63, 3.8) is 0 Å². The summed E-state index contributed by atoms with van der Waals surface area (Å²) < 4.78 is 0. The van der Waals surface area contributed by atoms with Crippen molar-refractivity contribution in [2.24, 2.45) is 0 Å². The van der Waals surface area contributed by atoms with Gasteiger partial charge in [-0.3, -0.25) is 19.3 Å². The number of unbranched alkanes of at least 4 members (excludes halogenated alkanes) is 1. The fraction of sp³-hybridized carbons (Fsp3) is 0.211. The van der Waals surface area contributed by atoms with Crippen LogP contribution in [0.3, 0.4) is 0 Å². The molecule has 1 aliphatic heterocycles. The van der Waals surface area contributed by atoms with Gasteiger partial charge in [0.05, 0.1) is 11.1 Å². The molecule has 0 fully saturated rings. The van der Waals surface area contributed by atoms with Crippen LogP contribution in [0, 0.1) is 0 Å². The fourth-order valence-electron chi connectivity index (χ4n) is 2.74. The summed E-state index contributed by atoms with van der Waals surface area (Å²) in [5, 5.41) is 12.1. The highest BCUT2D eigenvalue weighted by Crippen LogP contribution is 2.25. The number of imide groups is 1. The lowest BCUT2D eigenvalue weighted by Gasteiger charge is -2.12. The lowest BCUT2D eigenvalue weighted by Crippen LogP contribution is -2.30. The highest BCUT2D eigenvalue weighted by atomic mass is 16.3. The number of hydrogen-bond donors (Lipinski definition) is 2. The van der Waals surface area contributed by atoms with Gasteiger partial charge in [0.1, 0.15) is 5.75 Å². The number of carbonyl (C=O) groups excluding carboxylic acids is 3. The van der Waals surface area contributed by atoms with E-state index >= 15 is 0 Å². The van der Waals surface area contributed by atoms with Crippen molar-refractivity contribution in [1.82, 2.24) is 4.90 Å². The highest BCUT2D eigenvalue weighted by Gasteiger charge is 2.35. The quantitative estimate of drug-likeness (QED) is 0.821. The first-order valence-electron chi connectivity index (χ1n) is 8.12. The van der Waals surface area contributed by atoms with Crippen molar-refractivity contribution in [2.75, 3.05) is 11.9 Å². The Balaban J connectivity index is 1.83. The largest absolute Gasteiger partial charge is 0.508 e. The van der Waals surface area contributed by atoms with Crippen LogP contribution in [-0.4, -0.2) is 34.3 Å². The van der Waals surface area contributed by atoms with Gasteiger partial charge in [0.25, 0.3) is 17.7 Å². The summed E-state index contributed by atoms with van der Waals surface area (Å²) in [4.78, 5) is 38.3. The molecule has 128 valence electrons. The summed E-state index contributed by atoms with van der Waals surface area (Å²) in [7, 11) is 0. The van der Waals surface area contributed by atoms with Crippen molar-refractivity contribution in [1.29, 1.82) is 0 Å². The number of phenolic OH excluding ortho intramolecular Hbond substituents is 1. The maximum absolute atomic E-state index is 12.4. The number of nitrogens with one attached hydrogen (secondary N) is 1. The van der Waals surface area contributed by atoms with Gasteiger partial charge >= 0.3 is 0 Å². The third kappa shape index (κ3) is 3.24. The Morgan fingerprint density at radius 1 is 1.08 bits per heavy atom. The molecule has 6 heteroatoms. The van der Waals surface area contributed by atoms with Gasteiger partial charge in [-0.25, -0.2) is 0 Å². The number of benzene rings is 2. The van der Waals surface area contributed by atoms with E-state index in [0.29, 0.717) is 17.8 Å². The van der Waals surface area contributed by atoms with Gasteiger partial charge in [-0.2, -0.15) is 0 Å². The van der Waals surface area contributed by atoms with Crippen LogP contribution in [0.5, 0.6) is 5.75 Å². The van der Waals surface area contributed by atoms with Crippen LogP contribution in [0.15, 0.2) is 42.5 Å². The van der Waals surface area contributed by atoms with E-state index < -0.39 is 5.91 Å². The van der Waals surface area contributed by atoms with Gasteiger partial charge in [0.2, 0.25) is 0 Å². The predicted molar refractivity (Wildman–Crippen MR) is 92.8 cm³/mol. The number of aromatic hydroxyl groups is 1. The maximum Gasteiger partial charge on any atom is 0.261 e. The normalized spacial score (nSPS) is 13.1. The molecule has 1 aliphatic rings. The summed E-state index contributed by atoms with van der Waals surface area (Å²) in [6, 6.07) is 10.7. The van der Waals surface area contributed by atoms with E-state index in [1.165, 1.54) is 35.2 Å². The third-order valence-electron chi connectivity index (χ3n) is 4.07. The molecule has 0 radical (unpaired) electrons. The van der Waals surface area contributed by atoms with Gasteiger partial charge in [-0.1, -0.05) is 19.4 Å². The van der Waals surface area contributed by atoms with Gasteiger partial charge in [-0.05, 0) is 36.8 Å². The minimum atomic E-state index is -0.416. The van der Waals surface area contributed by atoms with E-state index in [-0.39, 0.29) is 28.7 Å². The molecule has 0 aliphatic carbocycles. The topological polar surface area (TPSA) is 86.7 Å². The molecule has 2 N–H and O–H groups in total. The summed E-state index contributed by atoms with van der Waals surface area (Å²) in [5.41, 5.74) is 1.30. The molecular formula is C19H18N2O4. The Kier molecular flexibility index (Phi) is 4.52. The minimum absolute atomic E-state index is 0.0408. The molecule has 0 bridgehead atoms. The number of fused-ring (bicyclic) bond motifs is 1. The average Bonchev–Trinajstić information content (AvgIpc) is 2.83. The molecule has 0 spiro atoms. The number of rotatable bonds is 5. The molecule has 0 atom stereocenters. The summed E-state index contributed by atoms with van der Waals surface area (Å²) in [5.74, 6) is -1.05. The number of phenols is 1. The molecule has 0 unspecified atom stereocenters. The molecule has 2 aromatic carbocycles. The first-order chi connectivity index (χ1) is 12.0. The number of amides is 3. The first-order valence-corrected chi connectivity index (χ1v) is 8.12. The molecular weight excluding hydrogens is 320 g/mol. The molecule has 0 saturated carbocycles. The van der Waals surface area contributed by atoms with Gasteiger partial charge in [0.15, 0.2) is 0 Å². The Morgan fingerprint density at radius 2 is 1.84 bits per heavy atom. The molecule has 25 heavy (non-hydrogen) atoms. The second-order valence-electron chi connectivity index (χ2n) is 5.88. The Bertz CT molecular complexity index is 860. The van der Waals surface area contributed by atoms with Crippen LogP contribution in [0.25, 0.3) is 0 Å². The van der Waals surface area contributed by atoms with Crippen LogP contribution in [0.2, 0.25) is 0 Å².